The Bertz CT molecular complexity index is 702. The molecule has 0 aliphatic heterocycles. The summed E-state index contributed by atoms with van der Waals surface area (Å²) in [6.07, 6.45) is 0. The van der Waals surface area contributed by atoms with Crippen LogP contribution in [0.25, 0.3) is 0 Å². The van der Waals surface area contributed by atoms with E-state index in [0.29, 0.717) is 33.8 Å². The number of esters is 1. The van der Waals surface area contributed by atoms with E-state index in [-0.39, 0.29) is 12.4 Å². The molecule has 3 N–H and O–H groups in total. The van der Waals surface area contributed by atoms with Gasteiger partial charge < -0.3 is 15.5 Å². The van der Waals surface area contributed by atoms with Crippen LogP contribution in [-0.2, 0) is 4.74 Å². The third kappa shape index (κ3) is 2.81. The molecule has 0 bridgehead atoms. The topological polar surface area (TPSA) is 85.2 Å². The van der Waals surface area contributed by atoms with E-state index < -0.39 is 5.97 Å². The number of ketones is 1. The SMILES string of the molecule is CCOC(=O)c1[nH]c(C)c(C(=O)c2cccc(N)c2)c1C. The fraction of sp³-hybridized carbons (Fsp3) is 0.250. The van der Waals surface area contributed by atoms with Gasteiger partial charge in [-0.05, 0) is 38.5 Å². The van der Waals surface area contributed by atoms with E-state index in [1.54, 1.807) is 45.0 Å². The zero-order valence-corrected chi connectivity index (χ0v) is 12.3. The maximum Gasteiger partial charge on any atom is 0.355 e. The fourth-order valence-electron chi connectivity index (χ4n) is 2.32. The Kier molecular flexibility index (Phi) is 4.12. The number of anilines is 1. The van der Waals surface area contributed by atoms with Crippen molar-refractivity contribution >= 4 is 17.4 Å². The third-order valence-electron chi connectivity index (χ3n) is 3.29. The molecule has 21 heavy (non-hydrogen) atoms. The molecular weight excluding hydrogens is 268 g/mol. The van der Waals surface area contributed by atoms with Gasteiger partial charge in [0.25, 0.3) is 0 Å². The minimum absolute atomic E-state index is 0.163. The summed E-state index contributed by atoms with van der Waals surface area (Å²) in [5, 5.41) is 0. The molecule has 1 heterocycles. The summed E-state index contributed by atoms with van der Waals surface area (Å²) in [5.41, 5.74) is 8.78. The Balaban J connectivity index is 2.45. The molecule has 1 aromatic heterocycles. The van der Waals surface area contributed by atoms with Gasteiger partial charge in [-0.15, -0.1) is 0 Å². The van der Waals surface area contributed by atoms with Crippen LogP contribution in [0.2, 0.25) is 0 Å². The van der Waals surface area contributed by atoms with Crippen molar-refractivity contribution in [1.29, 1.82) is 0 Å². The summed E-state index contributed by atoms with van der Waals surface area (Å²) in [5.74, 6) is -0.617. The van der Waals surface area contributed by atoms with Crippen LogP contribution in [0.1, 0.15) is 44.6 Å². The summed E-state index contributed by atoms with van der Waals surface area (Å²) in [6, 6.07) is 6.77. The van der Waals surface area contributed by atoms with E-state index in [1.807, 2.05) is 0 Å². The standard InChI is InChI=1S/C16H18N2O3/c1-4-21-16(20)14-9(2)13(10(3)18-14)15(19)11-6-5-7-12(17)8-11/h5-8,18H,4,17H2,1-3H3. The molecular formula is C16H18N2O3. The van der Waals surface area contributed by atoms with Crippen molar-refractivity contribution in [3.05, 3.63) is 52.3 Å². The molecule has 0 radical (unpaired) electrons. The molecule has 0 unspecified atom stereocenters. The van der Waals surface area contributed by atoms with Crippen molar-refractivity contribution in [1.82, 2.24) is 4.98 Å². The van der Waals surface area contributed by atoms with Crippen LogP contribution in [0.15, 0.2) is 24.3 Å². The summed E-state index contributed by atoms with van der Waals surface area (Å²) < 4.78 is 4.98. The largest absolute Gasteiger partial charge is 0.461 e. The quantitative estimate of drug-likeness (QED) is 0.514. The van der Waals surface area contributed by atoms with Gasteiger partial charge in [0.2, 0.25) is 0 Å². The van der Waals surface area contributed by atoms with E-state index in [2.05, 4.69) is 4.98 Å². The number of aromatic nitrogens is 1. The molecule has 0 spiro atoms. The first kappa shape index (κ1) is 14.8. The molecule has 0 aliphatic rings. The maximum absolute atomic E-state index is 12.6. The van der Waals surface area contributed by atoms with Crippen molar-refractivity contribution in [3.63, 3.8) is 0 Å². The number of aryl methyl sites for hydroxylation is 1. The summed E-state index contributed by atoms with van der Waals surface area (Å²) >= 11 is 0. The van der Waals surface area contributed by atoms with Gasteiger partial charge in [-0.2, -0.15) is 0 Å². The fourth-order valence-corrected chi connectivity index (χ4v) is 2.32. The van der Waals surface area contributed by atoms with E-state index >= 15 is 0 Å². The number of benzene rings is 1. The average Bonchev–Trinajstić information content (AvgIpc) is 2.73. The van der Waals surface area contributed by atoms with Crippen molar-refractivity contribution in [3.8, 4) is 0 Å². The number of ether oxygens (including phenoxy) is 1. The second-order valence-electron chi connectivity index (χ2n) is 4.80. The zero-order chi connectivity index (χ0) is 15.6. The molecule has 0 saturated carbocycles. The molecule has 0 atom stereocenters. The first-order chi connectivity index (χ1) is 9.95. The highest BCUT2D eigenvalue weighted by molar-refractivity contribution is 6.12. The van der Waals surface area contributed by atoms with Gasteiger partial charge in [-0.3, -0.25) is 4.79 Å². The van der Waals surface area contributed by atoms with Crippen molar-refractivity contribution < 1.29 is 14.3 Å². The highest BCUT2D eigenvalue weighted by Gasteiger charge is 2.23. The Morgan fingerprint density at radius 2 is 2.00 bits per heavy atom. The predicted octanol–water partition coefficient (Wildman–Crippen LogP) is 2.62. The normalized spacial score (nSPS) is 10.4. The van der Waals surface area contributed by atoms with Crippen LogP contribution < -0.4 is 5.73 Å². The van der Waals surface area contributed by atoms with Crippen molar-refractivity contribution in [2.45, 2.75) is 20.8 Å². The monoisotopic (exact) mass is 286 g/mol. The van der Waals surface area contributed by atoms with Crippen LogP contribution in [0, 0.1) is 13.8 Å². The molecule has 0 amide bonds. The van der Waals surface area contributed by atoms with Crippen LogP contribution in [0.3, 0.4) is 0 Å². The zero-order valence-electron chi connectivity index (χ0n) is 12.3. The lowest BCUT2D eigenvalue weighted by atomic mass is 9.99. The minimum atomic E-state index is -0.454. The summed E-state index contributed by atoms with van der Waals surface area (Å²) in [4.78, 5) is 27.4. The predicted molar refractivity (Wildman–Crippen MR) is 80.5 cm³/mol. The van der Waals surface area contributed by atoms with Gasteiger partial charge in [0.05, 0.1) is 6.61 Å². The number of nitrogen functional groups attached to an aromatic ring is 1. The second-order valence-corrected chi connectivity index (χ2v) is 4.80. The summed E-state index contributed by atoms with van der Waals surface area (Å²) in [7, 11) is 0. The lowest BCUT2D eigenvalue weighted by Crippen LogP contribution is -2.08. The average molecular weight is 286 g/mol. The van der Waals surface area contributed by atoms with Crippen LogP contribution in [-0.4, -0.2) is 23.3 Å². The van der Waals surface area contributed by atoms with Gasteiger partial charge in [-0.25, -0.2) is 4.79 Å². The number of nitrogens with two attached hydrogens (primary N) is 1. The van der Waals surface area contributed by atoms with Crippen LogP contribution >= 0.6 is 0 Å². The van der Waals surface area contributed by atoms with Crippen LogP contribution in [0.4, 0.5) is 5.69 Å². The number of hydrogen-bond donors (Lipinski definition) is 2. The number of H-pyrrole nitrogens is 1. The first-order valence-corrected chi connectivity index (χ1v) is 6.72. The van der Waals surface area contributed by atoms with Gasteiger partial charge >= 0.3 is 5.97 Å². The number of nitrogens with one attached hydrogen (secondary N) is 1. The Labute approximate surface area is 123 Å². The van der Waals surface area contributed by atoms with E-state index in [1.165, 1.54) is 0 Å². The highest BCUT2D eigenvalue weighted by atomic mass is 16.5. The molecule has 0 aliphatic carbocycles. The van der Waals surface area contributed by atoms with Crippen molar-refractivity contribution in [2.24, 2.45) is 0 Å². The number of hydrogen-bond acceptors (Lipinski definition) is 4. The molecule has 2 aromatic rings. The molecule has 5 heteroatoms. The van der Waals surface area contributed by atoms with Gasteiger partial charge in [0.15, 0.2) is 5.78 Å². The highest BCUT2D eigenvalue weighted by Crippen LogP contribution is 2.23. The molecule has 2 rings (SSSR count). The minimum Gasteiger partial charge on any atom is -0.461 e. The van der Waals surface area contributed by atoms with Gasteiger partial charge in [0.1, 0.15) is 5.69 Å². The Morgan fingerprint density at radius 3 is 2.62 bits per heavy atom. The lowest BCUT2D eigenvalue weighted by molar-refractivity contribution is 0.0519. The van der Waals surface area contributed by atoms with Gasteiger partial charge in [0, 0.05) is 22.5 Å². The molecule has 5 nitrogen and oxygen atoms in total. The molecule has 110 valence electrons. The Morgan fingerprint density at radius 1 is 1.29 bits per heavy atom. The third-order valence-corrected chi connectivity index (χ3v) is 3.29. The van der Waals surface area contributed by atoms with E-state index in [9.17, 15) is 9.59 Å². The van der Waals surface area contributed by atoms with E-state index in [0.717, 1.165) is 0 Å². The van der Waals surface area contributed by atoms with Crippen LogP contribution in [0.5, 0.6) is 0 Å². The Hall–Kier alpha value is -2.56. The number of aromatic amines is 1. The van der Waals surface area contributed by atoms with E-state index in [4.69, 9.17) is 10.5 Å². The van der Waals surface area contributed by atoms with Crippen molar-refractivity contribution in [2.75, 3.05) is 12.3 Å². The smallest absolute Gasteiger partial charge is 0.355 e. The molecule has 1 aromatic carbocycles. The maximum atomic E-state index is 12.6. The molecule has 0 saturated heterocycles. The first-order valence-electron chi connectivity index (χ1n) is 6.72. The van der Waals surface area contributed by atoms with Gasteiger partial charge in [-0.1, -0.05) is 12.1 Å². The molecule has 0 fully saturated rings. The lowest BCUT2D eigenvalue weighted by Gasteiger charge is -2.04. The number of carbonyl (C=O) groups excluding carboxylic acids is 2. The number of rotatable bonds is 4. The summed E-state index contributed by atoms with van der Waals surface area (Å²) in [6.45, 7) is 5.52. The second kappa shape index (κ2) is 5.83. The number of carbonyl (C=O) groups is 2.